The number of carbonyl (C=O) groups is 1. The fourth-order valence-electron chi connectivity index (χ4n) is 9.15. The second kappa shape index (κ2) is 55.9. The molecule has 0 radical (unpaired) electrons. The van der Waals surface area contributed by atoms with Crippen LogP contribution >= 0.6 is 0 Å². The molecule has 0 saturated heterocycles. The van der Waals surface area contributed by atoms with Gasteiger partial charge in [-0.3, -0.25) is 4.79 Å². The van der Waals surface area contributed by atoms with Crippen molar-refractivity contribution in [2.45, 2.75) is 334 Å². The van der Waals surface area contributed by atoms with Crippen molar-refractivity contribution < 1.29 is 15.0 Å². The molecule has 0 aliphatic heterocycles. The van der Waals surface area contributed by atoms with Gasteiger partial charge in [0.25, 0.3) is 0 Å². The van der Waals surface area contributed by atoms with Crippen LogP contribution in [0, 0.1) is 0 Å². The number of aliphatic hydroxyl groups is 2. The minimum Gasteiger partial charge on any atom is -0.394 e. The summed E-state index contributed by atoms with van der Waals surface area (Å²) >= 11 is 0. The standard InChI is InChI=1S/C60H115NO3/c1-3-5-7-9-11-13-15-17-19-21-22-23-24-25-26-27-28-29-30-31-32-33-34-35-36-37-38-40-42-44-46-48-50-52-54-56-60(64)61-58(57-62)59(63)55-53-51-49-47-45-43-41-39-20-18-16-14-12-10-8-6-4-2/h15,17,21-22,53,55,58-59,62-63H,3-14,16,18-20,23-52,54,56-57H2,1-2H3,(H,61,64)/b17-15-,22-21-,55-53+. The second-order valence-corrected chi connectivity index (χ2v) is 20.1. The molecule has 0 fully saturated rings. The van der Waals surface area contributed by atoms with Gasteiger partial charge >= 0.3 is 0 Å². The van der Waals surface area contributed by atoms with E-state index in [2.05, 4.69) is 43.5 Å². The highest BCUT2D eigenvalue weighted by Gasteiger charge is 2.18. The van der Waals surface area contributed by atoms with Gasteiger partial charge in [0.1, 0.15) is 0 Å². The van der Waals surface area contributed by atoms with Gasteiger partial charge in [-0.15, -0.1) is 0 Å². The van der Waals surface area contributed by atoms with Gasteiger partial charge in [-0.1, -0.05) is 301 Å². The van der Waals surface area contributed by atoms with Gasteiger partial charge in [0.05, 0.1) is 18.8 Å². The van der Waals surface area contributed by atoms with E-state index in [-0.39, 0.29) is 12.5 Å². The first-order chi connectivity index (χ1) is 31.7. The highest BCUT2D eigenvalue weighted by atomic mass is 16.3. The fourth-order valence-corrected chi connectivity index (χ4v) is 9.15. The molecule has 64 heavy (non-hydrogen) atoms. The van der Waals surface area contributed by atoms with Crippen molar-refractivity contribution >= 4 is 5.91 Å². The van der Waals surface area contributed by atoms with E-state index < -0.39 is 12.1 Å². The third kappa shape index (κ3) is 51.6. The summed E-state index contributed by atoms with van der Waals surface area (Å²) in [6, 6.07) is -0.620. The number of nitrogens with one attached hydrogen (secondary N) is 1. The number of amides is 1. The molecule has 0 bridgehead atoms. The largest absolute Gasteiger partial charge is 0.394 e. The predicted molar refractivity (Wildman–Crippen MR) is 285 cm³/mol. The van der Waals surface area contributed by atoms with Gasteiger partial charge in [-0.25, -0.2) is 0 Å². The zero-order valence-electron chi connectivity index (χ0n) is 43.6. The molecule has 0 aromatic rings. The molecule has 0 heterocycles. The summed E-state index contributed by atoms with van der Waals surface area (Å²) in [5.41, 5.74) is 0. The molecule has 0 aromatic heterocycles. The van der Waals surface area contributed by atoms with Gasteiger partial charge in [0, 0.05) is 6.42 Å². The lowest BCUT2D eigenvalue weighted by atomic mass is 10.0. The van der Waals surface area contributed by atoms with Gasteiger partial charge in [-0.2, -0.15) is 0 Å². The quantitative estimate of drug-likeness (QED) is 0.0421. The van der Waals surface area contributed by atoms with Crippen LogP contribution in [0.5, 0.6) is 0 Å². The Bertz CT molecular complexity index is 974. The summed E-state index contributed by atoms with van der Waals surface area (Å²) < 4.78 is 0. The summed E-state index contributed by atoms with van der Waals surface area (Å²) in [6.07, 6.45) is 76.1. The monoisotopic (exact) mass is 898 g/mol. The molecule has 3 N–H and O–H groups in total. The number of carbonyl (C=O) groups excluding carboxylic acids is 1. The van der Waals surface area contributed by atoms with Crippen LogP contribution in [-0.4, -0.2) is 34.9 Å². The first-order valence-corrected chi connectivity index (χ1v) is 29.2. The van der Waals surface area contributed by atoms with Crippen LogP contribution in [0.1, 0.15) is 322 Å². The third-order valence-corrected chi connectivity index (χ3v) is 13.6. The Hall–Kier alpha value is -1.39. The van der Waals surface area contributed by atoms with Crippen molar-refractivity contribution in [3.8, 4) is 0 Å². The van der Waals surface area contributed by atoms with Crippen LogP contribution in [0.3, 0.4) is 0 Å². The summed E-state index contributed by atoms with van der Waals surface area (Å²) in [5, 5.41) is 23.2. The summed E-state index contributed by atoms with van der Waals surface area (Å²) in [6.45, 7) is 4.33. The van der Waals surface area contributed by atoms with Crippen molar-refractivity contribution in [3.63, 3.8) is 0 Å². The highest BCUT2D eigenvalue weighted by Crippen LogP contribution is 2.17. The fraction of sp³-hybridized carbons (Fsp3) is 0.883. The summed E-state index contributed by atoms with van der Waals surface area (Å²) in [5.74, 6) is -0.0580. The molecule has 4 heteroatoms. The van der Waals surface area contributed by atoms with Crippen molar-refractivity contribution in [1.82, 2.24) is 5.32 Å². The Morgan fingerprint density at radius 3 is 0.938 bits per heavy atom. The van der Waals surface area contributed by atoms with Crippen LogP contribution in [0.4, 0.5) is 0 Å². The zero-order chi connectivity index (χ0) is 46.3. The van der Waals surface area contributed by atoms with Crippen LogP contribution in [0.25, 0.3) is 0 Å². The van der Waals surface area contributed by atoms with Crippen molar-refractivity contribution in [2.24, 2.45) is 0 Å². The number of hydrogen-bond donors (Lipinski definition) is 3. The normalized spacial score (nSPS) is 13.0. The number of rotatable bonds is 54. The zero-order valence-corrected chi connectivity index (χ0v) is 43.6. The molecule has 0 spiro atoms. The van der Waals surface area contributed by atoms with Crippen LogP contribution < -0.4 is 5.32 Å². The van der Waals surface area contributed by atoms with Crippen molar-refractivity contribution in [1.29, 1.82) is 0 Å². The lowest BCUT2D eigenvalue weighted by Gasteiger charge is -2.20. The maximum Gasteiger partial charge on any atom is 0.220 e. The Morgan fingerprint density at radius 2 is 0.641 bits per heavy atom. The van der Waals surface area contributed by atoms with E-state index in [0.29, 0.717) is 6.42 Å². The van der Waals surface area contributed by atoms with Gasteiger partial charge in [0.2, 0.25) is 5.91 Å². The third-order valence-electron chi connectivity index (χ3n) is 13.6. The maximum absolute atomic E-state index is 12.5. The smallest absolute Gasteiger partial charge is 0.220 e. The van der Waals surface area contributed by atoms with E-state index in [9.17, 15) is 15.0 Å². The van der Waals surface area contributed by atoms with E-state index in [4.69, 9.17) is 0 Å². The molecular weight excluding hydrogens is 783 g/mol. The maximum atomic E-state index is 12.5. The lowest BCUT2D eigenvalue weighted by Crippen LogP contribution is -2.45. The molecule has 0 aromatic carbocycles. The predicted octanol–water partition coefficient (Wildman–Crippen LogP) is 19.3. The Kier molecular flexibility index (Phi) is 54.7. The molecule has 0 rings (SSSR count). The minimum absolute atomic E-state index is 0.0580. The molecule has 4 nitrogen and oxygen atoms in total. The Balaban J connectivity index is 3.41. The van der Waals surface area contributed by atoms with Gasteiger partial charge in [-0.05, 0) is 51.4 Å². The SMILES string of the molecule is CCCCCCC/C=C\C/C=C\CCCCCCCCCCCCCCCCCCCCCCCCCC(=O)NC(CO)C(O)/C=C/CCCCCCCCCCCCCCCCC. The van der Waals surface area contributed by atoms with Gasteiger partial charge < -0.3 is 15.5 Å². The van der Waals surface area contributed by atoms with E-state index >= 15 is 0 Å². The average molecular weight is 899 g/mol. The average Bonchev–Trinajstić information content (AvgIpc) is 3.30. The van der Waals surface area contributed by atoms with E-state index in [1.54, 1.807) is 6.08 Å². The first kappa shape index (κ1) is 62.6. The first-order valence-electron chi connectivity index (χ1n) is 29.2. The second-order valence-electron chi connectivity index (χ2n) is 20.1. The Labute approximate surface area is 402 Å². The van der Waals surface area contributed by atoms with E-state index in [1.807, 2.05) is 6.08 Å². The topological polar surface area (TPSA) is 69.6 Å². The van der Waals surface area contributed by atoms with Crippen LogP contribution in [0.15, 0.2) is 36.5 Å². The van der Waals surface area contributed by atoms with Crippen LogP contribution in [0.2, 0.25) is 0 Å². The van der Waals surface area contributed by atoms with Crippen molar-refractivity contribution in [3.05, 3.63) is 36.5 Å². The summed E-state index contributed by atoms with van der Waals surface area (Å²) in [7, 11) is 0. The highest BCUT2D eigenvalue weighted by molar-refractivity contribution is 5.76. The summed E-state index contributed by atoms with van der Waals surface area (Å²) in [4.78, 5) is 12.5. The van der Waals surface area contributed by atoms with Crippen LogP contribution in [-0.2, 0) is 4.79 Å². The molecule has 0 aliphatic carbocycles. The number of hydrogen-bond acceptors (Lipinski definition) is 3. The van der Waals surface area contributed by atoms with E-state index in [1.165, 1.54) is 270 Å². The lowest BCUT2D eigenvalue weighted by molar-refractivity contribution is -0.123. The number of unbranched alkanes of at least 4 members (excludes halogenated alkanes) is 43. The Morgan fingerprint density at radius 1 is 0.375 bits per heavy atom. The molecule has 1 amide bonds. The molecule has 0 saturated carbocycles. The van der Waals surface area contributed by atoms with E-state index in [0.717, 1.165) is 32.1 Å². The molecule has 2 unspecified atom stereocenters. The number of allylic oxidation sites excluding steroid dienone is 5. The van der Waals surface area contributed by atoms with Crippen molar-refractivity contribution in [2.75, 3.05) is 6.61 Å². The molecular formula is C60H115NO3. The minimum atomic E-state index is -0.837. The molecule has 2 atom stereocenters. The van der Waals surface area contributed by atoms with Gasteiger partial charge in [0.15, 0.2) is 0 Å². The molecule has 378 valence electrons. The number of aliphatic hydroxyl groups excluding tert-OH is 2. The molecule has 0 aliphatic rings.